The fraction of sp³-hybridized carbons (Fsp3) is 0.250. The fourth-order valence-corrected chi connectivity index (χ4v) is 2.73. The monoisotopic (exact) mass is 294 g/mol. The molecule has 7 nitrogen and oxygen atoms in total. The van der Waals surface area contributed by atoms with Crippen LogP contribution in [0.25, 0.3) is 0 Å². The quantitative estimate of drug-likeness (QED) is 0.646. The number of hydrogen-bond acceptors (Lipinski definition) is 6. The molecule has 2 aromatic rings. The first-order chi connectivity index (χ1) is 9.47. The SMILES string of the molecule is Nc1nc(N)c(CCCc2ccc(C(=O)O)s2)c(=O)[nH]1. The van der Waals surface area contributed by atoms with Gasteiger partial charge in [0, 0.05) is 4.88 Å². The van der Waals surface area contributed by atoms with Crippen LogP contribution in [0.4, 0.5) is 11.8 Å². The van der Waals surface area contributed by atoms with Crippen LogP contribution < -0.4 is 17.0 Å². The van der Waals surface area contributed by atoms with E-state index < -0.39 is 5.97 Å². The standard InChI is InChI=1S/C12H14N4O3S/c13-9-7(10(17)16-12(14)15-9)3-1-2-6-4-5-8(20-6)11(18)19/h4-5H,1-3H2,(H,18,19)(H5,13,14,15,16,17). The first kappa shape index (κ1) is 14.1. The summed E-state index contributed by atoms with van der Waals surface area (Å²) < 4.78 is 0. The number of nitrogens with zero attached hydrogens (tertiary/aromatic N) is 1. The summed E-state index contributed by atoms with van der Waals surface area (Å²) in [5.41, 5.74) is 11.1. The number of aromatic nitrogens is 2. The molecule has 20 heavy (non-hydrogen) atoms. The molecule has 0 aromatic carbocycles. The molecule has 2 heterocycles. The summed E-state index contributed by atoms with van der Waals surface area (Å²) in [6.45, 7) is 0. The number of nitrogens with one attached hydrogen (secondary N) is 1. The van der Waals surface area contributed by atoms with Gasteiger partial charge in [-0.15, -0.1) is 11.3 Å². The number of aryl methyl sites for hydroxylation is 1. The molecule has 0 aliphatic carbocycles. The largest absolute Gasteiger partial charge is 0.477 e. The number of nitrogens with two attached hydrogens (primary N) is 2. The van der Waals surface area contributed by atoms with Gasteiger partial charge in [0.2, 0.25) is 5.95 Å². The number of carbonyl (C=O) groups is 1. The predicted molar refractivity (Wildman–Crippen MR) is 77.0 cm³/mol. The smallest absolute Gasteiger partial charge is 0.345 e. The molecule has 0 bridgehead atoms. The van der Waals surface area contributed by atoms with Gasteiger partial charge in [0.15, 0.2) is 0 Å². The number of rotatable bonds is 5. The van der Waals surface area contributed by atoms with E-state index in [0.717, 1.165) is 4.88 Å². The minimum Gasteiger partial charge on any atom is -0.477 e. The average Bonchev–Trinajstić information content (AvgIpc) is 2.81. The first-order valence-corrected chi connectivity index (χ1v) is 6.75. The Morgan fingerprint density at radius 1 is 1.35 bits per heavy atom. The Labute approximate surface area is 118 Å². The maximum Gasteiger partial charge on any atom is 0.345 e. The Hall–Kier alpha value is -2.35. The van der Waals surface area contributed by atoms with Gasteiger partial charge in [-0.05, 0) is 31.4 Å². The number of carboxylic acids is 1. The van der Waals surface area contributed by atoms with Gasteiger partial charge >= 0.3 is 5.97 Å². The number of nitrogen functional groups attached to an aromatic ring is 2. The number of aromatic carboxylic acids is 1. The molecule has 2 aromatic heterocycles. The third-order valence-corrected chi connectivity index (χ3v) is 3.92. The van der Waals surface area contributed by atoms with E-state index in [1.807, 2.05) is 0 Å². The van der Waals surface area contributed by atoms with Gasteiger partial charge in [-0.1, -0.05) is 0 Å². The predicted octanol–water partition coefficient (Wildman–Crippen LogP) is 0.869. The van der Waals surface area contributed by atoms with Crippen molar-refractivity contribution in [3.63, 3.8) is 0 Å². The molecule has 0 fully saturated rings. The number of hydrogen-bond donors (Lipinski definition) is 4. The van der Waals surface area contributed by atoms with E-state index in [0.29, 0.717) is 29.7 Å². The zero-order valence-corrected chi connectivity index (χ0v) is 11.4. The van der Waals surface area contributed by atoms with E-state index in [9.17, 15) is 9.59 Å². The Morgan fingerprint density at radius 3 is 2.70 bits per heavy atom. The van der Waals surface area contributed by atoms with Crippen molar-refractivity contribution in [1.29, 1.82) is 0 Å². The lowest BCUT2D eigenvalue weighted by molar-refractivity contribution is 0.0702. The van der Waals surface area contributed by atoms with Crippen LogP contribution in [0.2, 0.25) is 0 Å². The third-order valence-electron chi connectivity index (χ3n) is 2.79. The van der Waals surface area contributed by atoms with Crippen LogP contribution >= 0.6 is 11.3 Å². The molecule has 0 saturated carbocycles. The zero-order valence-electron chi connectivity index (χ0n) is 10.5. The second kappa shape index (κ2) is 5.74. The van der Waals surface area contributed by atoms with Crippen molar-refractivity contribution in [2.24, 2.45) is 0 Å². The second-order valence-electron chi connectivity index (χ2n) is 4.24. The van der Waals surface area contributed by atoms with Gasteiger partial charge in [-0.2, -0.15) is 4.98 Å². The highest BCUT2D eigenvalue weighted by atomic mass is 32.1. The summed E-state index contributed by atoms with van der Waals surface area (Å²) in [6, 6.07) is 3.36. The summed E-state index contributed by atoms with van der Waals surface area (Å²) in [5, 5.41) is 8.83. The Bertz CT molecular complexity index is 692. The molecule has 0 aliphatic heterocycles. The minimum atomic E-state index is -0.926. The molecular weight excluding hydrogens is 280 g/mol. The van der Waals surface area contributed by atoms with Crippen LogP contribution in [-0.4, -0.2) is 21.0 Å². The highest BCUT2D eigenvalue weighted by molar-refractivity contribution is 7.13. The van der Waals surface area contributed by atoms with E-state index in [-0.39, 0.29) is 17.3 Å². The molecule has 0 unspecified atom stereocenters. The van der Waals surface area contributed by atoms with Crippen molar-refractivity contribution >= 4 is 29.1 Å². The molecule has 8 heteroatoms. The van der Waals surface area contributed by atoms with Crippen LogP contribution in [0.5, 0.6) is 0 Å². The van der Waals surface area contributed by atoms with E-state index in [1.54, 1.807) is 12.1 Å². The van der Waals surface area contributed by atoms with E-state index in [4.69, 9.17) is 16.6 Å². The van der Waals surface area contributed by atoms with Crippen molar-refractivity contribution in [2.75, 3.05) is 11.5 Å². The fourth-order valence-electron chi connectivity index (χ4n) is 1.84. The number of carboxylic acid groups (broad SMARTS) is 1. The number of thiophene rings is 1. The van der Waals surface area contributed by atoms with E-state index in [1.165, 1.54) is 11.3 Å². The molecule has 0 radical (unpaired) electrons. The lowest BCUT2D eigenvalue weighted by Gasteiger charge is -2.04. The first-order valence-electron chi connectivity index (χ1n) is 5.93. The Kier molecular flexibility index (Phi) is 4.04. The maximum absolute atomic E-state index is 11.7. The summed E-state index contributed by atoms with van der Waals surface area (Å²) in [7, 11) is 0. The van der Waals surface area contributed by atoms with Crippen LogP contribution in [0.3, 0.4) is 0 Å². The molecule has 0 amide bonds. The molecule has 0 spiro atoms. The van der Waals surface area contributed by atoms with E-state index >= 15 is 0 Å². The average molecular weight is 294 g/mol. The second-order valence-corrected chi connectivity index (χ2v) is 5.41. The van der Waals surface area contributed by atoms with Crippen molar-refractivity contribution in [2.45, 2.75) is 19.3 Å². The highest BCUT2D eigenvalue weighted by Crippen LogP contribution is 2.19. The topological polar surface area (TPSA) is 135 Å². The lowest BCUT2D eigenvalue weighted by Crippen LogP contribution is -2.19. The van der Waals surface area contributed by atoms with Crippen molar-refractivity contribution in [3.8, 4) is 0 Å². The summed E-state index contributed by atoms with van der Waals surface area (Å²) >= 11 is 1.23. The van der Waals surface area contributed by atoms with E-state index in [2.05, 4.69) is 9.97 Å². The Balaban J connectivity index is 1.99. The van der Waals surface area contributed by atoms with Crippen molar-refractivity contribution in [3.05, 3.63) is 37.8 Å². The summed E-state index contributed by atoms with van der Waals surface area (Å²) in [6.07, 6.45) is 1.83. The molecule has 0 aliphatic rings. The van der Waals surface area contributed by atoms with Crippen LogP contribution in [-0.2, 0) is 12.8 Å². The lowest BCUT2D eigenvalue weighted by atomic mass is 10.1. The van der Waals surface area contributed by atoms with Crippen molar-refractivity contribution < 1.29 is 9.90 Å². The number of H-pyrrole nitrogens is 1. The minimum absolute atomic E-state index is 0.000562. The van der Waals surface area contributed by atoms with Gasteiger partial charge < -0.3 is 16.6 Å². The van der Waals surface area contributed by atoms with Gasteiger partial charge in [0.25, 0.3) is 5.56 Å². The zero-order chi connectivity index (χ0) is 14.7. The summed E-state index contributed by atoms with van der Waals surface area (Å²) in [5.74, 6) is -0.783. The van der Waals surface area contributed by atoms with Gasteiger partial charge in [0.05, 0.1) is 5.56 Å². The molecule has 6 N–H and O–H groups in total. The summed E-state index contributed by atoms with van der Waals surface area (Å²) in [4.78, 5) is 29.9. The number of aromatic amines is 1. The normalized spacial score (nSPS) is 10.6. The third kappa shape index (κ3) is 3.15. The molecule has 2 rings (SSSR count). The molecule has 106 valence electrons. The number of anilines is 2. The van der Waals surface area contributed by atoms with Crippen LogP contribution in [0.15, 0.2) is 16.9 Å². The molecule has 0 saturated heterocycles. The van der Waals surface area contributed by atoms with Gasteiger partial charge in [0.1, 0.15) is 10.7 Å². The maximum atomic E-state index is 11.7. The van der Waals surface area contributed by atoms with Crippen molar-refractivity contribution in [1.82, 2.24) is 9.97 Å². The Morgan fingerprint density at radius 2 is 2.10 bits per heavy atom. The van der Waals surface area contributed by atoms with Crippen LogP contribution in [0.1, 0.15) is 26.5 Å². The van der Waals surface area contributed by atoms with Crippen LogP contribution in [0, 0.1) is 0 Å². The molecular formula is C12H14N4O3S. The van der Waals surface area contributed by atoms with Gasteiger partial charge in [-0.25, -0.2) is 4.79 Å². The highest BCUT2D eigenvalue weighted by Gasteiger charge is 2.09. The molecule has 0 atom stereocenters. The van der Waals surface area contributed by atoms with Gasteiger partial charge in [-0.3, -0.25) is 9.78 Å².